The molecule has 0 bridgehead atoms. The van der Waals surface area contributed by atoms with E-state index in [1.54, 1.807) is 23.1 Å². The molecule has 0 aliphatic carbocycles. The highest BCUT2D eigenvalue weighted by Gasteiger charge is 2.29. The number of aromatic hydroxyl groups is 1. The summed E-state index contributed by atoms with van der Waals surface area (Å²) in [5.41, 5.74) is 0.500. The van der Waals surface area contributed by atoms with Crippen molar-refractivity contribution in [3.63, 3.8) is 0 Å². The van der Waals surface area contributed by atoms with E-state index in [2.05, 4.69) is 0 Å². The summed E-state index contributed by atoms with van der Waals surface area (Å²) in [6.07, 6.45) is 1.87. The van der Waals surface area contributed by atoms with Gasteiger partial charge >= 0.3 is 0 Å². The molecular formula is C14H19NO3. The SMILES string of the molecule is CC1CCC(CO)CN1C(=O)c1cccc(O)c1. The average Bonchev–Trinajstić information content (AvgIpc) is 2.38. The number of aliphatic hydroxyl groups excluding tert-OH is 1. The largest absolute Gasteiger partial charge is 0.508 e. The molecule has 1 heterocycles. The van der Waals surface area contributed by atoms with Crippen LogP contribution < -0.4 is 0 Å². The number of rotatable bonds is 2. The number of aliphatic hydroxyl groups is 1. The van der Waals surface area contributed by atoms with Gasteiger partial charge in [0.05, 0.1) is 0 Å². The van der Waals surface area contributed by atoms with Crippen molar-refractivity contribution < 1.29 is 15.0 Å². The third-order valence-electron chi connectivity index (χ3n) is 3.59. The van der Waals surface area contributed by atoms with E-state index < -0.39 is 0 Å². The maximum atomic E-state index is 12.4. The Labute approximate surface area is 107 Å². The predicted molar refractivity (Wildman–Crippen MR) is 68.4 cm³/mol. The fourth-order valence-corrected chi connectivity index (χ4v) is 2.42. The van der Waals surface area contributed by atoms with Gasteiger partial charge in [-0.25, -0.2) is 0 Å². The summed E-state index contributed by atoms with van der Waals surface area (Å²) in [5.74, 6) is 0.197. The number of likely N-dealkylation sites (tertiary alicyclic amines) is 1. The smallest absolute Gasteiger partial charge is 0.254 e. The van der Waals surface area contributed by atoms with Gasteiger partial charge in [0.25, 0.3) is 5.91 Å². The molecule has 18 heavy (non-hydrogen) atoms. The lowest BCUT2D eigenvalue weighted by Crippen LogP contribution is -2.46. The highest BCUT2D eigenvalue weighted by molar-refractivity contribution is 5.94. The number of nitrogens with zero attached hydrogens (tertiary/aromatic N) is 1. The van der Waals surface area contributed by atoms with Crippen LogP contribution in [0.4, 0.5) is 0 Å². The van der Waals surface area contributed by atoms with E-state index in [-0.39, 0.29) is 30.2 Å². The van der Waals surface area contributed by atoms with Crippen molar-refractivity contribution in [2.75, 3.05) is 13.2 Å². The number of hydrogen-bond donors (Lipinski definition) is 2. The highest BCUT2D eigenvalue weighted by Crippen LogP contribution is 2.24. The maximum absolute atomic E-state index is 12.4. The van der Waals surface area contributed by atoms with Crippen LogP contribution in [0.3, 0.4) is 0 Å². The summed E-state index contributed by atoms with van der Waals surface area (Å²) in [4.78, 5) is 14.1. The molecule has 4 nitrogen and oxygen atoms in total. The van der Waals surface area contributed by atoms with Crippen LogP contribution in [0.25, 0.3) is 0 Å². The van der Waals surface area contributed by atoms with Crippen LogP contribution in [0.1, 0.15) is 30.1 Å². The lowest BCUT2D eigenvalue weighted by Gasteiger charge is -2.37. The summed E-state index contributed by atoms with van der Waals surface area (Å²) >= 11 is 0. The first-order valence-corrected chi connectivity index (χ1v) is 6.32. The molecular weight excluding hydrogens is 230 g/mol. The van der Waals surface area contributed by atoms with Crippen molar-refractivity contribution in [1.29, 1.82) is 0 Å². The van der Waals surface area contributed by atoms with Crippen molar-refractivity contribution in [2.24, 2.45) is 5.92 Å². The number of hydrogen-bond acceptors (Lipinski definition) is 3. The summed E-state index contributed by atoms with van der Waals surface area (Å²) in [5, 5.41) is 18.6. The van der Waals surface area contributed by atoms with Gasteiger partial charge in [-0.05, 0) is 43.9 Å². The first-order valence-electron chi connectivity index (χ1n) is 6.32. The number of phenols is 1. The van der Waals surface area contributed by atoms with Crippen molar-refractivity contribution in [3.8, 4) is 5.75 Å². The minimum absolute atomic E-state index is 0.0726. The summed E-state index contributed by atoms with van der Waals surface area (Å²) in [6.45, 7) is 2.73. The zero-order valence-electron chi connectivity index (χ0n) is 10.5. The second-order valence-corrected chi connectivity index (χ2v) is 4.98. The van der Waals surface area contributed by atoms with Gasteiger partial charge in [0.2, 0.25) is 0 Å². The van der Waals surface area contributed by atoms with Crippen LogP contribution in [-0.2, 0) is 0 Å². The van der Waals surface area contributed by atoms with Crippen LogP contribution >= 0.6 is 0 Å². The molecule has 0 radical (unpaired) electrons. The van der Waals surface area contributed by atoms with Crippen LogP contribution in [0.2, 0.25) is 0 Å². The van der Waals surface area contributed by atoms with Gasteiger partial charge < -0.3 is 15.1 Å². The molecule has 2 rings (SSSR count). The van der Waals surface area contributed by atoms with Crippen LogP contribution in [0, 0.1) is 5.92 Å². The van der Waals surface area contributed by atoms with Gasteiger partial charge in [-0.15, -0.1) is 0 Å². The summed E-state index contributed by atoms with van der Waals surface area (Å²) in [6, 6.07) is 6.59. The molecule has 1 aliphatic rings. The van der Waals surface area contributed by atoms with Crippen LogP contribution in [0.15, 0.2) is 24.3 Å². The Morgan fingerprint density at radius 1 is 1.44 bits per heavy atom. The third-order valence-corrected chi connectivity index (χ3v) is 3.59. The minimum Gasteiger partial charge on any atom is -0.508 e. The molecule has 2 N–H and O–H groups in total. The van der Waals surface area contributed by atoms with E-state index in [1.165, 1.54) is 6.07 Å². The summed E-state index contributed by atoms with van der Waals surface area (Å²) < 4.78 is 0. The number of amides is 1. The average molecular weight is 249 g/mol. The Bertz CT molecular complexity index is 433. The Balaban J connectivity index is 2.16. The molecule has 2 atom stereocenters. The zero-order valence-corrected chi connectivity index (χ0v) is 10.5. The molecule has 4 heteroatoms. The van der Waals surface area contributed by atoms with Crippen LogP contribution in [0.5, 0.6) is 5.75 Å². The van der Waals surface area contributed by atoms with Crippen molar-refractivity contribution in [1.82, 2.24) is 4.90 Å². The molecule has 1 fully saturated rings. The number of carbonyl (C=O) groups excluding carboxylic acids is 1. The second kappa shape index (κ2) is 5.40. The molecule has 2 unspecified atom stereocenters. The first kappa shape index (κ1) is 12.9. The van der Waals surface area contributed by atoms with Crippen molar-refractivity contribution in [3.05, 3.63) is 29.8 Å². The topological polar surface area (TPSA) is 60.8 Å². The molecule has 1 aromatic carbocycles. The fourth-order valence-electron chi connectivity index (χ4n) is 2.42. The molecule has 1 amide bonds. The number of carbonyl (C=O) groups is 1. The minimum atomic E-state index is -0.0726. The quantitative estimate of drug-likeness (QED) is 0.837. The Morgan fingerprint density at radius 2 is 2.22 bits per heavy atom. The normalized spacial score (nSPS) is 24.0. The number of benzene rings is 1. The van der Waals surface area contributed by atoms with E-state index in [0.717, 1.165) is 12.8 Å². The van der Waals surface area contributed by atoms with Gasteiger partial charge in [0.1, 0.15) is 5.75 Å². The molecule has 1 aliphatic heterocycles. The number of phenolic OH excluding ortho intramolecular Hbond substituents is 1. The lowest BCUT2D eigenvalue weighted by molar-refractivity contribution is 0.0488. The van der Waals surface area contributed by atoms with E-state index >= 15 is 0 Å². The fraction of sp³-hybridized carbons (Fsp3) is 0.500. The molecule has 0 saturated carbocycles. The van der Waals surface area contributed by atoms with Crippen molar-refractivity contribution in [2.45, 2.75) is 25.8 Å². The van der Waals surface area contributed by atoms with Gasteiger partial charge in [0.15, 0.2) is 0 Å². The van der Waals surface area contributed by atoms with Gasteiger partial charge in [-0.3, -0.25) is 4.79 Å². The van der Waals surface area contributed by atoms with E-state index in [4.69, 9.17) is 0 Å². The molecule has 1 aromatic rings. The van der Waals surface area contributed by atoms with Gasteiger partial charge in [-0.2, -0.15) is 0 Å². The third kappa shape index (κ3) is 2.64. The lowest BCUT2D eigenvalue weighted by atomic mass is 9.93. The number of piperidine rings is 1. The van der Waals surface area contributed by atoms with Gasteiger partial charge in [0, 0.05) is 24.8 Å². The Kier molecular flexibility index (Phi) is 3.87. The molecule has 1 saturated heterocycles. The molecule has 0 aromatic heterocycles. The monoisotopic (exact) mass is 249 g/mol. The van der Waals surface area contributed by atoms with Crippen LogP contribution in [-0.4, -0.2) is 40.2 Å². The molecule has 98 valence electrons. The summed E-state index contributed by atoms with van der Waals surface area (Å²) in [7, 11) is 0. The zero-order chi connectivity index (χ0) is 13.1. The Morgan fingerprint density at radius 3 is 2.89 bits per heavy atom. The van der Waals surface area contributed by atoms with E-state index in [0.29, 0.717) is 12.1 Å². The predicted octanol–water partition coefficient (Wildman–Crippen LogP) is 1.63. The van der Waals surface area contributed by atoms with E-state index in [9.17, 15) is 15.0 Å². The second-order valence-electron chi connectivity index (χ2n) is 4.98. The van der Waals surface area contributed by atoms with Gasteiger partial charge in [-0.1, -0.05) is 6.07 Å². The Hall–Kier alpha value is -1.55. The van der Waals surface area contributed by atoms with E-state index in [1.807, 2.05) is 6.92 Å². The highest BCUT2D eigenvalue weighted by atomic mass is 16.3. The maximum Gasteiger partial charge on any atom is 0.254 e. The standard InChI is InChI=1S/C14H19NO3/c1-10-5-6-11(9-16)8-15(10)14(18)12-3-2-4-13(17)7-12/h2-4,7,10-11,16-17H,5-6,8-9H2,1H3. The van der Waals surface area contributed by atoms with Crippen molar-refractivity contribution >= 4 is 5.91 Å². The first-order chi connectivity index (χ1) is 8.61. The molecule has 0 spiro atoms.